The molecule has 0 radical (unpaired) electrons. The van der Waals surface area contributed by atoms with Crippen molar-refractivity contribution < 1.29 is 4.79 Å². The normalized spacial score (nSPS) is 14.6. The number of benzene rings is 1. The van der Waals surface area contributed by atoms with Crippen molar-refractivity contribution in [3.8, 4) is 0 Å². The second-order valence-corrected chi connectivity index (χ2v) is 6.66. The molecule has 1 aromatic heterocycles. The molecule has 24 heavy (non-hydrogen) atoms. The van der Waals surface area contributed by atoms with Crippen molar-refractivity contribution in [1.82, 2.24) is 9.97 Å². The van der Waals surface area contributed by atoms with E-state index in [1.165, 1.54) is 12.8 Å². The number of nitrogens with one attached hydrogen (secondary N) is 2. The Balaban J connectivity index is 1.78. The Bertz CT molecular complexity index is 757. The number of amides is 1. The molecule has 2 N–H and O–H groups in total. The van der Waals surface area contributed by atoms with Crippen molar-refractivity contribution in [3.05, 3.63) is 46.4 Å². The lowest BCUT2D eigenvalue weighted by Gasteiger charge is -2.14. The van der Waals surface area contributed by atoms with Crippen LogP contribution in [0.5, 0.6) is 0 Å². The Morgan fingerprint density at radius 1 is 1.17 bits per heavy atom. The van der Waals surface area contributed by atoms with Gasteiger partial charge in [0.1, 0.15) is 17.3 Å². The predicted molar refractivity (Wildman–Crippen MR) is 96.8 cm³/mol. The van der Waals surface area contributed by atoms with Crippen LogP contribution in [0.3, 0.4) is 0 Å². The molecule has 1 aliphatic rings. The number of aromatic nitrogens is 2. The molecule has 0 atom stereocenters. The quantitative estimate of drug-likeness (QED) is 0.865. The average Bonchev–Trinajstić information content (AvgIpc) is 3.03. The molecule has 1 heterocycles. The molecule has 6 heteroatoms. The number of carbonyl (C=O) groups excluding carboxylic acids is 1. The Morgan fingerprint density at radius 3 is 2.67 bits per heavy atom. The number of hydrogen-bond donors (Lipinski definition) is 2. The third kappa shape index (κ3) is 4.03. The predicted octanol–water partition coefficient (Wildman–Crippen LogP) is 4.35. The molecule has 2 aromatic rings. The number of hydrogen-bond acceptors (Lipinski definition) is 4. The lowest BCUT2D eigenvalue weighted by molar-refractivity contribution is 0.102. The Morgan fingerprint density at radius 2 is 1.92 bits per heavy atom. The van der Waals surface area contributed by atoms with Gasteiger partial charge in [0.05, 0.1) is 0 Å². The van der Waals surface area contributed by atoms with Crippen molar-refractivity contribution >= 4 is 29.0 Å². The van der Waals surface area contributed by atoms with E-state index in [1.54, 1.807) is 25.1 Å². The van der Waals surface area contributed by atoms with Gasteiger partial charge >= 0.3 is 0 Å². The Labute approximate surface area is 146 Å². The summed E-state index contributed by atoms with van der Waals surface area (Å²) in [4.78, 5) is 21.2. The minimum atomic E-state index is -0.264. The van der Waals surface area contributed by atoms with Crippen LogP contribution in [0.1, 0.15) is 47.6 Å². The summed E-state index contributed by atoms with van der Waals surface area (Å²) in [6, 6.07) is 7.55. The number of anilines is 2. The van der Waals surface area contributed by atoms with Crippen molar-refractivity contribution in [1.29, 1.82) is 0 Å². The van der Waals surface area contributed by atoms with Crippen LogP contribution in [0.25, 0.3) is 0 Å². The molecule has 0 spiro atoms. The highest BCUT2D eigenvalue weighted by Crippen LogP contribution is 2.23. The van der Waals surface area contributed by atoms with Gasteiger partial charge in [-0.2, -0.15) is 0 Å². The Hall–Kier alpha value is -2.14. The van der Waals surface area contributed by atoms with Crippen molar-refractivity contribution in [3.63, 3.8) is 0 Å². The van der Waals surface area contributed by atoms with Crippen LogP contribution in [0.2, 0.25) is 5.02 Å². The number of aryl methyl sites for hydroxylation is 2. The first kappa shape index (κ1) is 16.7. The minimum absolute atomic E-state index is 0.264. The fourth-order valence-electron chi connectivity index (χ4n) is 2.95. The van der Waals surface area contributed by atoms with Gasteiger partial charge in [0.2, 0.25) is 0 Å². The summed E-state index contributed by atoms with van der Waals surface area (Å²) < 4.78 is 0. The first-order valence-electron chi connectivity index (χ1n) is 8.21. The van der Waals surface area contributed by atoms with Crippen molar-refractivity contribution in [2.45, 2.75) is 45.6 Å². The number of halogens is 1. The summed E-state index contributed by atoms with van der Waals surface area (Å²) >= 11 is 6.00. The molecule has 1 saturated carbocycles. The topological polar surface area (TPSA) is 66.9 Å². The Kier molecular flexibility index (Phi) is 5.00. The summed E-state index contributed by atoms with van der Waals surface area (Å²) in [6.45, 7) is 3.71. The summed E-state index contributed by atoms with van der Waals surface area (Å²) in [6.07, 6.45) is 4.77. The molecule has 0 saturated heterocycles. The molecular weight excluding hydrogens is 324 g/mol. The molecule has 1 aliphatic carbocycles. The van der Waals surface area contributed by atoms with Gasteiger partial charge in [0.15, 0.2) is 0 Å². The average molecular weight is 345 g/mol. The maximum absolute atomic E-state index is 12.5. The van der Waals surface area contributed by atoms with E-state index in [4.69, 9.17) is 11.6 Å². The van der Waals surface area contributed by atoms with Crippen LogP contribution >= 0.6 is 11.6 Å². The molecule has 126 valence electrons. The second kappa shape index (κ2) is 7.18. The highest BCUT2D eigenvalue weighted by molar-refractivity contribution is 6.31. The maximum atomic E-state index is 12.5. The van der Waals surface area contributed by atoms with Crippen LogP contribution in [-0.4, -0.2) is 21.9 Å². The third-order valence-corrected chi connectivity index (χ3v) is 4.46. The SMILES string of the molecule is Cc1nc(NC2CCCC2)cc(C(=O)Nc2cc(Cl)ccc2C)n1. The van der Waals surface area contributed by atoms with Crippen LogP contribution < -0.4 is 10.6 Å². The minimum Gasteiger partial charge on any atom is -0.367 e. The summed E-state index contributed by atoms with van der Waals surface area (Å²) in [7, 11) is 0. The molecule has 1 aromatic carbocycles. The van der Waals surface area contributed by atoms with E-state index in [9.17, 15) is 4.79 Å². The first-order valence-corrected chi connectivity index (χ1v) is 8.59. The van der Waals surface area contributed by atoms with Gasteiger partial charge < -0.3 is 10.6 Å². The van der Waals surface area contributed by atoms with Gasteiger partial charge in [0, 0.05) is 22.8 Å². The van der Waals surface area contributed by atoms with E-state index in [1.807, 2.05) is 13.0 Å². The monoisotopic (exact) mass is 344 g/mol. The number of rotatable bonds is 4. The zero-order chi connectivity index (χ0) is 17.1. The summed E-state index contributed by atoms with van der Waals surface area (Å²) in [5.41, 5.74) is 1.99. The lowest BCUT2D eigenvalue weighted by atomic mass is 10.2. The van der Waals surface area contributed by atoms with Crippen LogP contribution in [0, 0.1) is 13.8 Å². The molecule has 3 rings (SSSR count). The van der Waals surface area contributed by atoms with E-state index in [2.05, 4.69) is 20.6 Å². The molecule has 0 bridgehead atoms. The third-order valence-electron chi connectivity index (χ3n) is 4.23. The molecule has 5 nitrogen and oxygen atoms in total. The van der Waals surface area contributed by atoms with Gasteiger partial charge in [-0.05, 0) is 44.4 Å². The largest absolute Gasteiger partial charge is 0.367 e. The molecule has 1 amide bonds. The number of carbonyl (C=O) groups is 1. The maximum Gasteiger partial charge on any atom is 0.274 e. The van der Waals surface area contributed by atoms with E-state index >= 15 is 0 Å². The zero-order valence-electron chi connectivity index (χ0n) is 13.9. The molecule has 1 fully saturated rings. The summed E-state index contributed by atoms with van der Waals surface area (Å²) in [5, 5.41) is 6.86. The first-order chi connectivity index (χ1) is 11.5. The van der Waals surface area contributed by atoms with E-state index in [0.717, 1.165) is 18.4 Å². The fraction of sp³-hybridized carbons (Fsp3) is 0.389. The van der Waals surface area contributed by atoms with Gasteiger partial charge in [0.25, 0.3) is 5.91 Å². The van der Waals surface area contributed by atoms with Gasteiger partial charge in [-0.15, -0.1) is 0 Å². The number of nitrogens with zero attached hydrogens (tertiary/aromatic N) is 2. The van der Waals surface area contributed by atoms with E-state index in [0.29, 0.717) is 34.1 Å². The van der Waals surface area contributed by atoms with Gasteiger partial charge in [-0.25, -0.2) is 9.97 Å². The molecule has 0 unspecified atom stereocenters. The standard InChI is InChI=1S/C18H21ClN4O/c1-11-7-8-13(19)9-15(11)23-18(24)16-10-17(21-12(2)20-16)22-14-5-3-4-6-14/h7-10,14H,3-6H2,1-2H3,(H,23,24)(H,20,21,22). The van der Waals surface area contributed by atoms with Crippen LogP contribution in [0.4, 0.5) is 11.5 Å². The highest BCUT2D eigenvalue weighted by Gasteiger charge is 2.17. The fourth-order valence-corrected chi connectivity index (χ4v) is 3.12. The smallest absolute Gasteiger partial charge is 0.274 e. The summed E-state index contributed by atoms with van der Waals surface area (Å²) in [5.74, 6) is 1.02. The zero-order valence-corrected chi connectivity index (χ0v) is 14.7. The molecule has 0 aliphatic heterocycles. The highest BCUT2D eigenvalue weighted by atomic mass is 35.5. The van der Waals surface area contributed by atoms with Crippen molar-refractivity contribution in [2.24, 2.45) is 0 Å². The van der Waals surface area contributed by atoms with Crippen LogP contribution in [0.15, 0.2) is 24.3 Å². The van der Waals surface area contributed by atoms with Gasteiger partial charge in [-0.3, -0.25) is 4.79 Å². The van der Waals surface area contributed by atoms with E-state index < -0.39 is 0 Å². The molecular formula is C18H21ClN4O. The lowest BCUT2D eigenvalue weighted by Crippen LogP contribution is -2.19. The van der Waals surface area contributed by atoms with E-state index in [-0.39, 0.29) is 5.91 Å². The van der Waals surface area contributed by atoms with Crippen molar-refractivity contribution in [2.75, 3.05) is 10.6 Å². The van der Waals surface area contributed by atoms with Gasteiger partial charge in [-0.1, -0.05) is 30.5 Å². The second-order valence-electron chi connectivity index (χ2n) is 6.22. The van der Waals surface area contributed by atoms with Crippen LogP contribution in [-0.2, 0) is 0 Å².